The first-order valence-electron chi connectivity index (χ1n) is 9.14. The van der Waals surface area contributed by atoms with Gasteiger partial charge in [-0.15, -0.1) is 0 Å². The van der Waals surface area contributed by atoms with Crippen LogP contribution in [-0.4, -0.2) is 0 Å². The average molecular weight is 526 g/mol. The summed E-state index contributed by atoms with van der Waals surface area (Å²) in [5.74, 6) is 2.80. The molecule has 0 fully saturated rings. The first kappa shape index (κ1) is 20.3. The molecule has 0 radical (unpaired) electrons. The summed E-state index contributed by atoms with van der Waals surface area (Å²) in [6.45, 7) is 0. The van der Waals surface area contributed by atoms with Crippen LogP contribution in [0, 0.1) is 0 Å². The molecule has 0 aliphatic carbocycles. The van der Waals surface area contributed by atoms with Crippen LogP contribution in [0.25, 0.3) is 11.1 Å². The molecule has 0 aromatic heterocycles. The zero-order valence-corrected chi connectivity index (χ0v) is 19.0. The van der Waals surface area contributed by atoms with Crippen LogP contribution in [0.5, 0.6) is 23.0 Å². The molecule has 0 aliphatic heterocycles. The van der Waals surface area contributed by atoms with Gasteiger partial charge in [-0.25, -0.2) is 0 Å². The maximum atomic E-state index is 6.00. The Morgan fingerprint density at radius 3 is 1.60 bits per heavy atom. The lowest BCUT2D eigenvalue weighted by Crippen LogP contribution is -1.91. The minimum atomic E-state index is 0.650. The quantitative estimate of drug-likeness (QED) is 0.263. The van der Waals surface area contributed by atoms with E-state index in [0.717, 1.165) is 25.8 Å². The summed E-state index contributed by atoms with van der Waals surface area (Å²) in [4.78, 5) is 0. The summed E-state index contributed by atoms with van der Waals surface area (Å²) < 4.78 is 13.5. The smallest absolute Gasteiger partial charge is 0.155 e. The summed E-state index contributed by atoms with van der Waals surface area (Å²) in [5, 5.41) is 0. The summed E-state index contributed by atoms with van der Waals surface area (Å²) in [7, 11) is 0. The highest BCUT2D eigenvalue weighted by molar-refractivity contribution is 9.11. The molecule has 4 aromatic carbocycles. The van der Waals surface area contributed by atoms with E-state index in [1.807, 2.05) is 72.8 Å². The van der Waals surface area contributed by atoms with Crippen LogP contribution in [0.3, 0.4) is 0 Å². The van der Waals surface area contributed by atoms with Gasteiger partial charge in [0, 0.05) is 23.5 Å². The minimum absolute atomic E-state index is 0.650. The molecule has 0 spiro atoms. The molecule has 0 bridgehead atoms. The highest BCUT2D eigenvalue weighted by Gasteiger charge is 2.12. The van der Waals surface area contributed by atoms with Gasteiger partial charge in [0.2, 0.25) is 0 Å². The standard InChI is InChI=1S/C24H18Br2N2O2/c25-22-11-16(12-23(26)24(22)30-21-6-2-4-18(28)14-21)15-7-9-19(10-8-15)29-20-5-1-3-17(27)13-20/h1-14H,27-28H2. The fourth-order valence-corrected chi connectivity index (χ4v) is 4.30. The zero-order valence-electron chi connectivity index (χ0n) is 15.8. The number of hydrogen-bond donors (Lipinski definition) is 2. The van der Waals surface area contributed by atoms with Crippen molar-refractivity contribution in [3.05, 3.63) is 93.9 Å². The van der Waals surface area contributed by atoms with Crippen molar-refractivity contribution < 1.29 is 9.47 Å². The molecule has 4 aromatic rings. The summed E-state index contributed by atoms with van der Waals surface area (Å²) in [6, 6.07) is 26.6. The molecule has 4 rings (SSSR count). The van der Waals surface area contributed by atoms with Gasteiger partial charge >= 0.3 is 0 Å². The van der Waals surface area contributed by atoms with E-state index >= 15 is 0 Å². The van der Waals surface area contributed by atoms with Crippen LogP contribution in [0.2, 0.25) is 0 Å². The largest absolute Gasteiger partial charge is 0.457 e. The van der Waals surface area contributed by atoms with Crippen LogP contribution in [0.15, 0.2) is 93.9 Å². The molecule has 0 atom stereocenters. The lowest BCUT2D eigenvalue weighted by Gasteiger charge is -2.13. The zero-order chi connectivity index (χ0) is 21.1. The Balaban J connectivity index is 1.55. The first-order chi connectivity index (χ1) is 14.5. The number of nitrogens with two attached hydrogens (primary N) is 2. The number of ether oxygens (including phenoxy) is 2. The van der Waals surface area contributed by atoms with Gasteiger partial charge in [-0.1, -0.05) is 24.3 Å². The van der Waals surface area contributed by atoms with Gasteiger partial charge in [-0.05, 0) is 91.5 Å². The van der Waals surface area contributed by atoms with E-state index in [2.05, 4.69) is 31.9 Å². The van der Waals surface area contributed by atoms with Crippen molar-refractivity contribution in [2.45, 2.75) is 0 Å². The highest BCUT2D eigenvalue weighted by atomic mass is 79.9. The lowest BCUT2D eigenvalue weighted by atomic mass is 10.1. The van der Waals surface area contributed by atoms with Crippen molar-refractivity contribution in [2.75, 3.05) is 11.5 Å². The highest BCUT2D eigenvalue weighted by Crippen LogP contribution is 2.40. The van der Waals surface area contributed by atoms with Gasteiger partial charge in [0.15, 0.2) is 5.75 Å². The van der Waals surface area contributed by atoms with Crippen molar-refractivity contribution in [1.82, 2.24) is 0 Å². The molecular formula is C24H18Br2N2O2. The van der Waals surface area contributed by atoms with Crippen LogP contribution < -0.4 is 20.9 Å². The molecule has 0 saturated heterocycles. The Morgan fingerprint density at radius 2 is 1.07 bits per heavy atom. The molecule has 4 nitrogen and oxygen atoms in total. The average Bonchev–Trinajstić information content (AvgIpc) is 2.71. The monoisotopic (exact) mass is 524 g/mol. The van der Waals surface area contributed by atoms with E-state index in [-0.39, 0.29) is 0 Å². The molecular weight excluding hydrogens is 508 g/mol. The first-order valence-corrected chi connectivity index (χ1v) is 10.7. The van der Waals surface area contributed by atoms with Crippen molar-refractivity contribution in [3.8, 4) is 34.1 Å². The fourth-order valence-electron chi connectivity index (χ4n) is 2.95. The van der Waals surface area contributed by atoms with Crippen LogP contribution >= 0.6 is 31.9 Å². The van der Waals surface area contributed by atoms with Crippen molar-refractivity contribution in [3.63, 3.8) is 0 Å². The third-order valence-electron chi connectivity index (χ3n) is 4.36. The van der Waals surface area contributed by atoms with Crippen molar-refractivity contribution in [2.24, 2.45) is 0 Å². The third-order valence-corrected chi connectivity index (χ3v) is 5.54. The van der Waals surface area contributed by atoms with Gasteiger partial charge in [0.05, 0.1) is 8.95 Å². The minimum Gasteiger partial charge on any atom is -0.457 e. The van der Waals surface area contributed by atoms with Gasteiger partial charge in [-0.3, -0.25) is 0 Å². The van der Waals surface area contributed by atoms with Gasteiger partial charge in [0.25, 0.3) is 0 Å². The van der Waals surface area contributed by atoms with Gasteiger partial charge < -0.3 is 20.9 Å². The molecule has 0 aliphatic rings. The molecule has 0 unspecified atom stereocenters. The van der Waals surface area contributed by atoms with Crippen LogP contribution in [-0.2, 0) is 0 Å². The molecule has 150 valence electrons. The maximum Gasteiger partial charge on any atom is 0.155 e. The maximum absolute atomic E-state index is 6.00. The second kappa shape index (κ2) is 8.81. The Kier molecular flexibility index (Phi) is 5.97. The topological polar surface area (TPSA) is 70.5 Å². The molecule has 6 heteroatoms. The van der Waals surface area contributed by atoms with Crippen molar-refractivity contribution >= 4 is 43.2 Å². The van der Waals surface area contributed by atoms with Crippen molar-refractivity contribution in [1.29, 1.82) is 0 Å². The molecule has 0 heterocycles. The summed E-state index contributed by atoms with van der Waals surface area (Å²) in [5.41, 5.74) is 15.0. The Bertz CT molecular complexity index is 1170. The van der Waals surface area contributed by atoms with Gasteiger partial charge in [-0.2, -0.15) is 0 Å². The summed E-state index contributed by atoms with van der Waals surface area (Å²) in [6.07, 6.45) is 0. The lowest BCUT2D eigenvalue weighted by molar-refractivity contribution is 0.477. The van der Waals surface area contributed by atoms with E-state index in [0.29, 0.717) is 28.6 Å². The Morgan fingerprint density at radius 1 is 0.533 bits per heavy atom. The second-order valence-electron chi connectivity index (χ2n) is 6.64. The number of halogens is 2. The van der Waals surface area contributed by atoms with Gasteiger partial charge in [0.1, 0.15) is 17.2 Å². The predicted molar refractivity (Wildman–Crippen MR) is 129 cm³/mol. The van der Waals surface area contributed by atoms with E-state index in [1.54, 1.807) is 12.1 Å². The fraction of sp³-hybridized carbons (Fsp3) is 0. The normalized spacial score (nSPS) is 10.6. The number of nitrogen functional groups attached to an aromatic ring is 2. The predicted octanol–water partition coefficient (Wildman–Crippen LogP) is 7.63. The number of anilines is 2. The van der Waals surface area contributed by atoms with E-state index in [9.17, 15) is 0 Å². The van der Waals surface area contributed by atoms with Crippen LogP contribution in [0.4, 0.5) is 11.4 Å². The molecule has 0 amide bonds. The van der Waals surface area contributed by atoms with E-state index < -0.39 is 0 Å². The number of benzene rings is 4. The Labute approximate surface area is 191 Å². The Hall–Kier alpha value is -2.96. The third kappa shape index (κ3) is 4.78. The van der Waals surface area contributed by atoms with Crippen LogP contribution in [0.1, 0.15) is 0 Å². The summed E-state index contributed by atoms with van der Waals surface area (Å²) >= 11 is 7.23. The second-order valence-corrected chi connectivity index (χ2v) is 8.35. The molecule has 0 saturated carbocycles. The molecule has 30 heavy (non-hydrogen) atoms. The SMILES string of the molecule is Nc1cccc(Oc2ccc(-c3cc(Br)c(Oc4cccc(N)c4)c(Br)c3)cc2)c1. The number of rotatable bonds is 5. The van der Waals surface area contributed by atoms with E-state index in [1.165, 1.54) is 0 Å². The molecule has 4 N–H and O–H groups in total. The number of hydrogen-bond acceptors (Lipinski definition) is 4. The van der Waals surface area contributed by atoms with E-state index in [4.69, 9.17) is 20.9 Å².